The molecule has 0 spiro atoms. The first kappa shape index (κ1) is 28.3. The fourth-order valence-electron chi connectivity index (χ4n) is 4.48. The van der Waals surface area contributed by atoms with Crippen molar-refractivity contribution in [3.63, 3.8) is 0 Å². The van der Waals surface area contributed by atoms with Crippen LogP contribution in [0.3, 0.4) is 0 Å². The predicted molar refractivity (Wildman–Crippen MR) is 150 cm³/mol. The number of nitrogens with zero attached hydrogens (tertiary/aromatic N) is 2. The van der Waals surface area contributed by atoms with Gasteiger partial charge in [0.25, 0.3) is 5.91 Å². The number of hydrogen-bond donors (Lipinski definition) is 5. The molecule has 42 heavy (non-hydrogen) atoms. The van der Waals surface area contributed by atoms with Gasteiger partial charge < -0.3 is 25.9 Å². The van der Waals surface area contributed by atoms with Crippen molar-refractivity contribution in [2.75, 3.05) is 5.32 Å². The molecule has 0 unspecified atom stereocenters. The second-order valence-electron chi connectivity index (χ2n) is 9.42. The summed E-state index contributed by atoms with van der Waals surface area (Å²) in [6, 6.07) is 14.4. The number of aromatic carboxylic acids is 1. The van der Waals surface area contributed by atoms with Crippen molar-refractivity contribution in [1.82, 2.24) is 20.0 Å². The number of aromatic nitrogens is 3. The number of imidazole rings is 1. The monoisotopic (exact) mass is 593 g/mol. The zero-order valence-electron chi connectivity index (χ0n) is 21.8. The van der Waals surface area contributed by atoms with E-state index in [4.69, 9.17) is 11.6 Å². The smallest absolute Gasteiger partial charge is 0.352 e. The number of anilines is 1. The van der Waals surface area contributed by atoms with Gasteiger partial charge in [0.1, 0.15) is 17.6 Å². The Labute approximate surface area is 241 Å². The molecule has 214 valence electrons. The van der Waals surface area contributed by atoms with Crippen molar-refractivity contribution in [2.45, 2.75) is 19.4 Å². The fraction of sp³-hybridized carbons (Fsp3) is 0.103. The molecule has 1 atom stereocenters. The predicted octanol–water partition coefficient (Wildman–Crippen LogP) is 5.19. The van der Waals surface area contributed by atoms with E-state index < -0.39 is 35.5 Å². The summed E-state index contributed by atoms with van der Waals surface area (Å²) in [5.41, 5.74) is 0.944. The molecular weight excluding hydrogens is 572 g/mol. The van der Waals surface area contributed by atoms with Gasteiger partial charge in [-0.1, -0.05) is 29.8 Å². The van der Waals surface area contributed by atoms with Crippen LogP contribution < -0.4 is 10.6 Å². The van der Waals surface area contributed by atoms with E-state index in [0.29, 0.717) is 26.9 Å². The van der Waals surface area contributed by atoms with Gasteiger partial charge in [0, 0.05) is 23.0 Å². The van der Waals surface area contributed by atoms with Crippen LogP contribution in [0.1, 0.15) is 32.2 Å². The van der Waals surface area contributed by atoms with Crippen molar-refractivity contribution >= 4 is 46.0 Å². The van der Waals surface area contributed by atoms with Crippen molar-refractivity contribution in [3.05, 3.63) is 106 Å². The maximum absolute atomic E-state index is 14.6. The second-order valence-corrected chi connectivity index (χ2v) is 9.83. The number of carbonyl (C=O) groups excluding carboxylic acids is 2. The maximum Gasteiger partial charge on any atom is 0.352 e. The van der Waals surface area contributed by atoms with Gasteiger partial charge in [0.2, 0.25) is 5.91 Å². The van der Waals surface area contributed by atoms with Crippen LogP contribution in [-0.4, -0.2) is 48.8 Å². The largest absolute Gasteiger partial charge is 0.477 e. The molecule has 0 aliphatic heterocycles. The summed E-state index contributed by atoms with van der Waals surface area (Å²) in [5.74, 6) is -4.26. The number of H-pyrrole nitrogens is 1. The molecule has 0 aliphatic carbocycles. The van der Waals surface area contributed by atoms with E-state index in [2.05, 4.69) is 20.6 Å². The summed E-state index contributed by atoms with van der Waals surface area (Å²) in [6.07, 6.45) is -0.0538. The summed E-state index contributed by atoms with van der Waals surface area (Å²) in [7, 11) is 0. The second kappa shape index (κ2) is 11.3. The minimum atomic E-state index is -1.22. The Bertz CT molecular complexity index is 1850. The molecule has 0 fully saturated rings. The summed E-state index contributed by atoms with van der Waals surface area (Å²) < 4.78 is 28.6. The van der Waals surface area contributed by atoms with Crippen LogP contribution >= 0.6 is 11.6 Å². The zero-order valence-corrected chi connectivity index (χ0v) is 22.5. The van der Waals surface area contributed by atoms with Crippen LogP contribution in [0.5, 0.6) is 0 Å². The van der Waals surface area contributed by atoms with Crippen LogP contribution in [0.25, 0.3) is 22.3 Å². The number of carboxylic acids is 1. The van der Waals surface area contributed by atoms with Gasteiger partial charge in [-0.3, -0.25) is 9.59 Å². The number of fused-ring (bicyclic) bond motifs is 1. The van der Waals surface area contributed by atoms with E-state index in [0.717, 1.165) is 0 Å². The summed E-state index contributed by atoms with van der Waals surface area (Å²) in [4.78, 5) is 45.0. The van der Waals surface area contributed by atoms with E-state index >= 15 is 0 Å². The minimum Gasteiger partial charge on any atom is -0.477 e. The molecule has 3 aromatic carbocycles. The van der Waals surface area contributed by atoms with Gasteiger partial charge in [-0.2, -0.15) is 4.73 Å². The molecule has 2 amide bonds. The van der Waals surface area contributed by atoms with Gasteiger partial charge in [0.05, 0.1) is 16.3 Å². The Morgan fingerprint density at radius 2 is 1.81 bits per heavy atom. The number of nitrogens with one attached hydrogen (secondary N) is 3. The summed E-state index contributed by atoms with van der Waals surface area (Å²) in [5, 5.41) is 25.6. The lowest BCUT2D eigenvalue weighted by atomic mass is 10.0. The molecule has 5 aromatic rings. The van der Waals surface area contributed by atoms with Gasteiger partial charge >= 0.3 is 5.97 Å². The highest BCUT2D eigenvalue weighted by atomic mass is 35.5. The van der Waals surface area contributed by atoms with Crippen LogP contribution in [0.4, 0.5) is 14.5 Å². The molecule has 0 aliphatic rings. The van der Waals surface area contributed by atoms with Gasteiger partial charge in [-0.25, -0.2) is 18.6 Å². The number of rotatable bonds is 8. The van der Waals surface area contributed by atoms with E-state index in [-0.39, 0.29) is 39.9 Å². The third-order valence-electron chi connectivity index (χ3n) is 6.53. The highest BCUT2D eigenvalue weighted by Gasteiger charge is 2.28. The number of benzene rings is 3. The molecule has 13 heteroatoms. The summed E-state index contributed by atoms with van der Waals surface area (Å²) in [6.45, 7) is 1.43. The molecular formula is C29H22ClF2N5O5. The van der Waals surface area contributed by atoms with Gasteiger partial charge in [-0.15, -0.1) is 0 Å². The molecule has 2 heterocycles. The van der Waals surface area contributed by atoms with Crippen molar-refractivity contribution < 1.29 is 33.5 Å². The standard InChI is InChI=1S/C29H22ClF2N5O5/c1-14-25(37(42)26(33-14)19-3-2-4-20(30)24(19)32)28(39)36-22(11-15-5-7-17(31)8-6-15)27(38)34-18-9-10-21-16(12-18)13-23(35-21)29(40)41/h2-10,12-13,22,35,42H,11H2,1H3,(H,34,38)(H,36,39)(H,40,41)/t22-/m0/s1. The topological polar surface area (TPSA) is 149 Å². The number of hydrogen-bond acceptors (Lipinski definition) is 5. The molecule has 10 nitrogen and oxygen atoms in total. The highest BCUT2D eigenvalue weighted by molar-refractivity contribution is 6.31. The van der Waals surface area contributed by atoms with E-state index in [1.54, 1.807) is 18.2 Å². The van der Waals surface area contributed by atoms with Crippen LogP contribution in [0.2, 0.25) is 5.02 Å². The third kappa shape index (κ3) is 5.65. The molecule has 5 rings (SSSR count). The molecule has 0 bridgehead atoms. The highest BCUT2D eigenvalue weighted by Crippen LogP contribution is 2.28. The zero-order chi connectivity index (χ0) is 30.1. The third-order valence-corrected chi connectivity index (χ3v) is 6.82. The Kier molecular flexibility index (Phi) is 7.64. The number of aryl methyl sites for hydroxylation is 1. The Balaban J connectivity index is 1.43. The lowest BCUT2D eigenvalue weighted by Crippen LogP contribution is -2.46. The van der Waals surface area contributed by atoms with Crippen LogP contribution in [-0.2, 0) is 11.2 Å². The lowest BCUT2D eigenvalue weighted by Gasteiger charge is -2.19. The average molecular weight is 594 g/mol. The Hall–Kier alpha value is -5.23. The van der Waals surface area contributed by atoms with Crippen molar-refractivity contribution in [2.24, 2.45) is 0 Å². The molecule has 0 radical (unpaired) electrons. The Morgan fingerprint density at radius 1 is 1.07 bits per heavy atom. The SMILES string of the molecule is Cc1nc(-c2cccc(Cl)c2F)n(O)c1C(=O)N[C@@H](Cc1ccc(F)cc1)C(=O)Nc1ccc2[nH]c(C(=O)O)cc2c1. The van der Waals surface area contributed by atoms with E-state index in [9.17, 15) is 33.5 Å². The number of carboxylic acid groups (broad SMARTS) is 1. The van der Waals surface area contributed by atoms with Crippen LogP contribution in [0, 0.1) is 18.6 Å². The minimum absolute atomic E-state index is 0.0251. The maximum atomic E-state index is 14.6. The average Bonchev–Trinajstić information content (AvgIpc) is 3.51. The number of halogens is 3. The van der Waals surface area contributed by atoms with E-state index in [1.165, 1.54) is 55.5 Å². The van der Waals surface area contributed by atoms with E-state index in [1.807, 2.05) is 0 Å². The first-order chi connectivity index (χ1) is 20.0. The quantitative estimate of drug-likeness (QED) is 0.156. The normalized spacial score (nSPS) is 11.8. The lowest BCUT2D eigenvalue weighted by molar-refractivity contribution is -0.118. The first-order valence-electron chi connectivity index (χ1n) is 12.5. The molecule has 2 aromatic heterocycles. The van der Waals surface area contributed by atoms with Crippen LogP contribution in [0.15, 0.2) is 66.7 Å². The molecule has 0 saturated heterocycles. The molecule has 5 N–H and O–H groups in total. The van der Waals surface area contributed by atoms with Crippen molar-refractivity contribution in [1.29, 1.82) is 0 Å². The first-order valence-corrected chi connectivity index (χ1v) is 12.8. The van der Waals surface area contributed by atoms with Gasteiger partial charge in [-0.05, 0) is 61.0 Å². The number of carbonyl (C=O) groups is 3. The number of aromatic amines is 1. The molecule has 0 saturated carbocycles. The van der Waals surface area contributed by atoms with Gasteiger partial charge in [0.15, 0.2) is 17.3 Å². The summed E-state index contributed by atoms with van der Waals surface area (Å²) >= 11 is 5.86. The fourth-order valence-corrected chi connectivity index (χ4v) is 4.65. The Morgan fingerprint density at radius 3 is 2.52 bits per heavy atom. The van der Waals surface area contributed by atoms with Crippen molar-refractivity contribution in [3.8, 4) is 11.4 Å². The number of amides is 2.